The normalized spacial score (nSPS) is 14.2. The molecule has 0 amide bonds. The molecule has 0 aliphatic heterocycles. The molecule has 2 aliphatic carbocycles. The summed E-state index contributed by atoms with van der Waals surface area (Å²) in [7, 11) is 0. The van der Waals surface area contributed by atoms with Crippen LogP contribution in [0.5, 0.6) is 0 Å². The van der Waals surface area contributed by atoms with Gasteiger partial charge >= 0.3 is 5.97 Å². The summed E-state index contributed by atoms with van der Waals surface area (Å²) in [5, 5.41) is 7.72. The zero-order chi connectivity index (χ0) is 11.4. The topological polar surface area (TPSA) is 37.3 Å². The lowest BCUT2D eigenvalue weighted by molar-refractivity contribution is -0.136. The Labute approximate surface area is 91.3 Å². The van der Waals surface area contributed by atoms with Crippen molar-refractivity contribution in [2.75, 3.05) is 0 Å². The predicted octanol–water partition coefficient (Wildman–Crippen LogP) is 3.49. The minimum Gasteiger partial charge on any atom is -0.481 e. The van der Waals surface area contributed by atoms with Gasteiger partial charge in [-0.1, -0.05) is 55.5 Å². The molecule has 2 rings (SSSR count). The van der Waals surface area contributed by atoms with Gasteiger partial charge < -0.3 is 5.11 Å². The predicted molar refractivity (Wildman–Crippen MR) is 63.7 cm³/mol. The van der Waals surface area contributed by atoms with E-state index in [4.69, 9.17) is 5.11 Å². The van der Waals surface area contributed by atoms with Crippen molar-refractivity contribution >= 4 is 5.97 Å². The highest BCUT2D eigenvalue weighted by Gasteiger charge is 1.80. The first-order valence-electron chi connectivity index (χ1n) is 5.12. The first-order chi connectivity index (χ1) is 7.27. The van der Waals surface area contributed by atoms with Gasteiger partial charge in [-0.3, -0.25) is 4.79 Å². The van der Waals surface area contributed by atoms with E-state index in [1.165, 1.54) is 0 Å². The molecule has 0 atom stereocenters. The summed E-state index contributed by atoms with van der Waals surface area (Å²) in [5.41, 5.74) is 0. The van der Waals surface area contributed by atoms with Crippen LogP contribution < -0.4 is 0 Å². The monoisotopic (exact) mass is 206 g/mol. The van der Waals surface area contributed by atoms with Crippen LogP contribution in [-0.2, 0) is 4.79 Å². The van der Waals surface area contributed by atoms with Crippen molar-refractivity contribution in [2.45, 2.75) is 26.2 Å². The molecule has 2 heteroatoms. The molecule has 0 heterocycles. The van der Waals surface area contributed by atoms with Gasteiger partial charge in [0.05, 0.1) is 0 Å². The van der Waals surface area contributed by atoms with Crippen LogP contribution in [0.4, 0.5) is 0 Å². The molecule has 15 heavy (non-hydrogen) atoms. The Hall–Kier alpha value is -1.57. The largest absolute Gasteiger partial charge is 0.481 e. The summed E-state index contributed by atoms with van der Waals surface area (Å²) in [4.78, 5) is 9.37. The Balaban J connectivity index is 0.000000196. The van der Waals surface area contributed by atoms with E-state index in [-0.39, 0.29) is 6.42 Å². The SMILES string of the molecule is C1=CCC=C1.C1=CCC=C1.CCC(=O)O. The summed E-state index contributed by atoms with van der Waals surface area (Å²) in [6, 6.07) is 0. The number of allylic oxidation sites excluding steroid dienone is 8. The smallest absolute Gasteiger partial charge is 0.303 e. The number of aliphatic carboxylic acids is 1. The van der Waals surface area contributed by atoms with Crippen molar-refractivity contribution in [1.82, 2.24) is 0 Å². The fourth-order valence-electron chi connectivity index (χ4n) is 0.786. The van der Waals surface area contributed by atoms with Gasteiger partial charge in [-0.05, 0) is 12.8 Å². The molecule has 2 nitrogen and oxygen atoms in total. The fraction of sp³-hybridized carbons (Fsp3) is 0.308. The quantitative estimate of drug-likeness (QED) is 0.713. The summed E-state index contributed by atoms with van der Waals surface area (Å²) < 4.78 is 0. The van der Waals surface area contributed by atoms with Crippen molar-refractivity contribution in [3.63, 3.8) is 0 Å². The number of carboxylic acid groups (broad SMARTS) is 1. The summed E-state index contributed by atoms with van der Waals surface area (Å²) in [6.45, 7) is 1.60. The summed E-state index contributed by atoms with van der Waals surface area (Å²) >= 11 is 0. The average molecular weight is 206 g/mol. The van der Waals surface area contributed by atoms with Gasteiger partial charge in [0.15, 0.2) is 0 Å². The minimum absolute atomic E-state index is 0.222. The third kappa shape index (κ3) is 12.4. The first kappa shape index (κ1) is 13.4. The van der Waals surface area contributed by atoms with Crippen LogP contribution in [0.2, 0.25) is 0 Å². The summed E-state index contributed by atoms with van der Waals surface area (Å²) in [5.74, 6) is -0.745. The lowest BCUT2D eigenvalue weighted by atomic mass is 10.5. The highest BCUT2D eigenvalue weighted by molar-refractivity contribution is 5.66. The van der Waals surface area contributed by atoms with E-state index in [0.717, 1.165) is 12.8 Å². The molecular formula is C13H18O2. The molecule has 0 radical (unpaired) electrons. The third-order valence-corrected chi connectivity index (χ3v) is 1.61. The lowest BCUT2D eigenvalue weighted by Crippen LogP contribution is -1.86. The molecule has 0 spiro atoms. The Morgan fingerprint density at radius 1 is 1.00 bits per heavy atom. The fourth-order valence-corrected chi connectivity index (χ4v) is 0.786. The minimum atomic E-state index is -0.745. The number of carboxylic acids is 1. The standard InChI is InChI=1S/2C5H6.C3H6O2/c2*1-2-4-5-3-1;1-2-3(4)5/h2*1-4H,5H2;2H2,1H3,(H,4,5). The van der Waals surface area contributed by atoms with Crippen LogP contribution >= 0.6 is 0 Å². The second kappa shape index (κ2) is 10.5. The average Bonchev–Trinajstić information content (AvgIpc) is 2.96. The van der Waals surface area contributed by atoms with Crippen LogP contribution in [-0.4, -0.2) is 11.1 Å². The van der Waals surface area contributed by atoms with E-state index in [1.54, 1.807) is 6.92 Å². The van der Waals surface area contributed by atoms with Gasteiger partial charge in [0.1, 0.15) is 0 Å². The van der Waals surface area contributed by atoms with E-state index in [2.05, 4.69) is 48.6 Å². The van der Waals surface area contributed by atoms with Gasteiger partial charge in [-0.25, -0.2) is 0 Å². The molecular weight excluding hydrogens is 188 g/mol. The number of rotatable bonds is 1. The number of hydrogen-bond donors (Lipinski definition) is 1. The van der Waals surface area contributed by atoms with Crippen LogP contribution in [0.15, 0.2) is 48.6 Å². The lowest BCUT2D eigenvalue weighted by Gasteiger charge is -1.71. The third-order valence-electron chi connectivity index (χ3n) is 1.61. The van der Waals surface area contributed by atoms with Crippen molar-refractivity contribution < 1.29 is 9.90 Å². The van der Waals surface area contributed by atoms with Gasteiger partial charge in [-0.15, -0.1) is 0 Å². The van der Waals surface area contributed by atoms with Crippen LogP contribution in [0.3, 0.4) is 0 Å². The number of carbonyl (C=O) groups is 1. The Kier molecular flexibility index (Phi) is 9.41. The second-order valence-electron chi connectivity index (χ2n) is 2.93. The molecule has 0 bridgehead atoms. The molecule has 0 saturated heterocycles. The highest BCUT2D eigenvalue weighted by atomic mass is 16.4. The zero-order valence-electron chi connectivity index (χ0n) is 9.10. The molecule has 0 unspecified atom stereocenters. The highest BCUT2D eigenvalue weighted by Crippen LogP contribution is 1.93. The molecule has 0 aromatic heterocycles. The first-order valence-corrected chi connectivity index (χ1v) is 5.12. The Morgan fingerprint density at radius 3 is 1.33 bits per heavy atom. The number of hydrogen-bond acceptors (Lipinski definition) is 1. The molecule has 0 aromatic rings. The maximum absolute atomic E-state index is 9.37. The van der Waals surface area contributed by atoms with E-state index in [1.807, 2.05) is 0 Å². The van der Waals surface area contributed by atoms with E-state index < -0.39 is 5.97 Å². The van der Waals surface area contributed by atoms with Crippen molar-refractivity contribution in [1.29, 1.82) is 0 Å². The van der Waals surface area contributed by atoms with Crippen LogP contribution in [0, 0.1) is 0 Å². The molecule has 0 saturated carbocycles. The van der Waals surface area contributed by atoms with Crippen LogP contribution in [0.25, 0.3) is 0 Å². The molecule has 2 aliphatic rings. The molecule has 1 N–H and O–H groups in total. The van der Waals surface area contributed by atoms with Gasteiger partial charge in [0.2, 0.25) is 0 Å². The van der Waals surface area contributed by atoms with Crippen molar-refractivity contribution in [2.24, 2.45) is 0 Å². The Morgan fingerprint density at radius 2 is 1.27 bits per heavy atom. The second-order valence-corrected chi connectivity index (χ2v) is 2.93. The van der Waals surface area contributed by atoms with Crippen molar-refractivity contribution in [3.8, 4) is 0 Å². The van der Waals surface area contributed by atoms with Crippen LogP contribution in [0.1, 0.15) is 26.2 Å². The van der Waals surface area contributed by atoms with E-state index >= 15 is 0 Å². The van der Waals surface area contributed by atoms with E-state index in [0.29, 0.717) is 0 Å². The molecule has 82 valence electrons. The van der Waals surface area contributed by atoms with Gasteiger partial charge in [0, 0.05) is 6.42 Å². The van der Waals surface area contributed by atoms with Crippen molar-refractivity contribution in [3.05, 3.63) is 48.6 Å². The summed E-state index contributed by atoms with van der Waals surface area (Å²) in [6.07, 6.45) is 19.2. The van der Waals surface area contributed by atoms with Gasteiger partial charge in [-0.2, -0.15) is 0 Å². The zero-order valence-corrected chi connectivity index (χ0v) is 9.10. The molecule has 0 fully saturated rings. The van der Waals surface area contributed by atoms with E-state index in [9.17, 15) is 4.79 Å². The Bertz CT molecular complexity index is 228. The maximum atomic E-state index is 9.37. The van der Waals surface area contributed by atoms with Gasteiger partial charge in [0.25, 0.3) is 0 Å². The maximum Gasteiger partial charge on any atom is 0.303 e. The molecule has 0 aromatic carbocycles.